The van der Waals surface area contributed by atoms with E-state index in [-0.39, 0.29) is 0 Å². The van der Waals surface area contributed by atoms with Crippen LogP contribution in [0.25, 0.3) is 0 Å². The topological polar surface area (TPSA) is 26.3 Å². The van der Waals surface area contributed by atoms with E-state index >= 15 is 0 Å². The van der Waals surface area contributed by atoms with Crippen LogP contribution in [-0.4, -0.2) is 13.3 Å². The molecule has 10 heavy (non-hydrogen) atoms. The van der Waals surface area contributed by atoms with Gasteiger partial charge in [-0.3, -0.25) is 4.57 Å². The van der Waals surface area contributed by atoms with Gasteiger partial charge in [-0.15, -0.1) is 0 Å². The van der Waals surface area contributed by atoms with Crippen molar-refractivity contribution >= 4 is 7.37 Å². The van der Waals surface area contributed by atoms with E-state index in [0.717, 1.165) is 12.8 Å². The van der Waals surface area contributed by atoms with Crippen molar-refractivity contribution in [2.24, 2.45) is 0 Å². The van der Waals surface area contributed by atoms with Crippen molar-refractivity contribution in [3.8, 4) is 0 Å². The molecule has 60 valence electrons. The minimum Gasteiger partial charge on any atom is -0.329 e. The van der Waals surface area contributed by atoms with Gasteiger partial charge in [0.1, 0.15) is 0 Å². The normalized spacial score (nSPS) is 16.2. The van der Waals surface area contributed by atoms with Crippen molar-refractivity contribution in [3.05, 3.63) is 12.4 Å². The van der Waals surface area contributed by atoms with Crippen molar-refractivity contribution in [1.29, 1.82) is 0 Å². The molecule has 2 nitrogen and oxygen atoms in total. The summed E-state index contributed by atoms with van der Waals surface area (Å²) >= 11 is 0. The molecule has 0 aliphatic carbocycles. The Balaban J connectivity index is 3.82. The molecule has 0 aliphatic heterocycles. The molecule has 0 fully saturated rings. The molecule has 0 spiro atoms. The largest absolute Gasteiger partial charge is 0.329 e. The third-order valence-corrected chi connectivity index (χ3v) is 3.52. The van der Waals surface area contributed by atoms with E-state index in [4.69, 9.17) is 4.52 Å². The zero-order valence-electron chi connectivity index (χ0n) is 6.67. The second kappa shape index (κ2) is 4.70. The summed E-state index contributed by atoms with van der Waals surface area (Å²) in [7, 11) is -0.963. The van der Waals surface area contributed by atoms with Crippen LogP contribution in [0.4, 0.5) is 0 Å². The molecule has 1 atom stereocenters. The summed E-state index contributed by atoms with van der Waals surface area (Å²) in [6.07, 6.45) is 2.61. The molecular weight excluding hydrogens is 147 g/mol. The Bertz CT molecular complexity index is 143. The lowest BCUT2D eigenvalue weighted by Gasteiger charge is -2.09. The van der Waals surface area contributed by atoms with E-state index in [0.29, 0.717) is 6.16 Å². The molecular formula is C7H15O2P. The lowest BCUT2D eigenvalue weighted by molar-refractivity contribution is 0.401. The van der Waals surface area contributed by atoms with E-state index in [1.54, 1.807) is 0 Å². The summed E-state index contributed by atoms with van der Waals surface area (Å²) in [5.41, 5.74) is 0. The van der Waals surface area contributed by atoms with Crippen LogP contribution in [0.5, 0.6) is 0 Å². The molecule has 0 aromatic carbocycles. The van der Waals surface area contributed by atoms with Crippen LogP contribution in [0.15, 0.2) is 12.4 Å². The Labute approximate surface area is 62.7 Å². The van der Waals surface area contributed by atoms with Crippen molar-refractivity contribution in [2.45, 2.75) is 19.8 Å². The molecule has 0 bridgehead atoms. The van der Waals surface area contributed by atoms with Crippen LogP contribution in [-0.2, 0) is 9.09 Å². The summed E-state index contributed by atoms with van der Waals surface area (Å²) in [6.45, 7) is 5.53. The van der Waals surface area contributed by atoms with E-state index in [2.05, 4.69) is 13.5 Å². The average Bonchev–Trinajstić information content (AvgIpc) is 2.00. The van der Waals surface area contributed by atoms with E-state index in [1.165, 1.54) is 12.9 Å². The maximum absolute atomic E-state index is 11.4. The molecule has 0 rings (SSSR count). The molecule has 0 amide bonds. The first-order valence-corrected chi connectivity index (χ1v) is 5.34. The smallest absolute Gasteiger partial charge is 0.224 e. The Kier molecular flexibility index (Phi) is 4.67. The van der Waals surface area contributed by atoms with Crippen LogP contribution in [0.3, 0.4) is 0 Å². The van der Waals surface area contributed by atoms with Gasteiger partial charge in [0.05, 0.1) is 0 Å². The van der Waals surface area contributed by atoms with E-state index < -0.39 is 7.37 Å². The monoisotopic (exact) mass is 162 g/mol. The van der Waals surface area contributed by atoms with Gasteiger partial charge in [-0.2, -0.15) is 0 Å². The predicted molar refractivity (Wildman–Crippen MR) is 44.6 cm³/mol. The van der Waals surface area contributed by atoms with Gasteiger partial charge in [-0.05, 0) is 12.2 Å². The first-order valence-electron chi connectivity index (χ1n) is 3.46. The molecule has 0 N–H and O–H groups in total. The zero-order chi connectivity index (χ0) is 8.04. The standard InChI is InChI=1S/C7H15O2P/c1-4-6-7-10(8,5-2)9-3/h5H,2,4,6-7H2,1,3H3. The van der Waals surface area contributed by atoms with Gasteiger partial charge in [0.2, 0.25) is 7.37 Å². The third kappa shape index (κ3) is 3.19. The summed E-state index contributed by atoms with van der Waals surface area (Å²) in [5, 5.41) is 0. The Morgan fingerprint density at radius 1 is 1.70 bits per heavy atom. The lowest BCUT2D eigenvalue weighted by atomic mass is 10.4. The van der Waals surface area contributed by atoms with Gasteiger partial charge in [-0.25, -0.2) is 0 Å². The predicted octanol–water partition coefficient (Wildman–Crippen LogP) is 2.85. The van der Waals surface area contributed by atoms with Crippen molar-refractivity contribution in [3.63, 3.8) is 0 Å². The highest BCUT2D eigenvalue weighted by molar-refractivity contribution is 7.62. The molecule has 0 aromatic rings. The SMILES string of the molecule is C=CP(=O)(CCCC)OC. The highest BCUT2D eigenvalue weighted by atomic mass is 31.2. The van der Waals surface area contributed by atoms with Crippen molar-refractivity contribution in [1.82, 2.24) is 0 Å². The second-order valence-corrected chi connectivity index (χ2v) is 4.80. The van der Waals surface area contributed by atoms with E-state index in [9.17, 15) is 4.57 Å². The summed E-state index contributed by atoms with van der Waals surface area (Å²) in [4.78, 5) is 0. The van der Waals surface area contributed by atoms with Crippen molar-refractivity contribution < 1.29 is 9.09 Å². The Hall–Kier alpha value is -0.0700. The van der Waals surface area contributed by atoms with Crippen LogP contribution < -0.4 is 0 Å². The van der Waals surface area contributed by atoms with Gasteiger partial charge in [0.15, 0.2) is 0 Å². The molecule has 1 unspecified atom stereocenters. The minimum atomic E-state index is -2.43. The maximum Gasteiger partial charge on any atom is 0.224 e. The maximum atomic E-state index is 11.4. The summed E-state index contributed by atoms with van der Waals surface area (Å²) < 4.78 is 16.2. The number of hydrogen-bond acceptors (Lipinski definition) is 2. The van der Waals surface area contributed by atoms with Crippen LogP contribution >= 0.6 is 7.37 Å². The quantitative estimate of drug-likeness (QED) is 0.581. The number of rotatable bonds is 5. The number of unbranched alkanes of at least 4 members (excludes halogenated alkanes) is 1. The molecule has 0 aliphatic rings. The molecule has 0 radical (unpaired) electrons. The third-order valence-electron chi connectivity index (χ3n) is 1.41. The van der Waals surface area contributed by atoms with Gasteiger partial charge in [0, 0.05) is 13.3 Å². The summed E-state index contributed by atoms with van der Waals surface area (Å²) in [5.74, 6) is 1.43. The number of hydrogen-bond donors (Lipinski definition) is 0. The Morgan fingerprint density at radius 3 is 2.60 bits per heavy atom. The minimum absolute atomic E-state index is 0.628. The fourth-order valence-corrected chi connectivity index (χ4v) is 1.91. The molecule has 0 saturated heterocycles. The molecule has 0 aromatic heterocycles. The van der Waals surface area contributed by atoms with Gasteiger partial charge in [-0.1, -0.05) is 19.9 Å². The van der Waals surface area contributed by atoms with Gasteiger partial charge in [0.25, 0.3) is 0 Å². The second-order valence-electron chi connectivity index (χ2n) is 2.17. The van der Waals surface area contributed by atoms with Gasteiger partial charge < -0.3 is 4.52 Å². The highest BCUT2D eigenvalue weighted by Crippen LogP contribution is 2.47. The fraction of sp³-hybridized carbons (Fsp3) is 0.714. The zero-order valence-corrected chi connectivity index (χ0v) is 7.56. The highest BCUT2D eigenvalue weighted by Gasteiger charge is 2.14. The first kappa shape index (κ1) is 9.93. The fourth-order valence-electron chi connectivity index (χ4n) is 0.636. The first-order chi connectivity index (χ1) is 4.68. The molecule has 3 heteroatoms. The molecule has 0 saturated carbocycles. The van der Waals surface area contributed by atoms with Crippen LogP contribution in [0.2, 0.25) is 0 Å². The van der Waals surface area contributed by atoms with Crippen LogP contribution in [0, 0.1) is 0 Å². The lowest BCUT2D eigenvalue weighted by Crippen LogP contribution is -1.87. The van der Waals surface area contributed by atoms with Crippen LogP contribution in [0.1, 0.15) is 19.8 Å². The van der Waals surface area contributed by atoms with Crippen molar-refractivity contribution in [2.75, 3.05) is 13.3 Å². The summed E-state index contributed by atoms with van der Waals surface area (Å²) in [6, 6.07) is 0. The Morgan fingerprint density at radius 2 is 2.30 bits per heavy atom. The molecule has 0 heterocycles. The average molecular weight is 162 g/mol. The van der Waals surface area contributed by atoms with Gasteiger partial charge >= 0.3 is 0 Å². The van der Waals surface area contributed by atoms with E-state index in [1.807, 2.05) is 0 Å².